The van der Waals surface area contributed by atoms with Gasteiger partial charge in [0, 0.05) is 17.8 Å². The predicted molar refractivity (Wildman–Crippen MR) is 89.9 cm³/mol. The first-order chi connectivity index (χ1) is 11.6. The zero-order valence-corrected chi connectivity index (χ0v) is 13.3. The maximum atomic E-state index is 12.3. The van der Waals surface area contributed by atoms with Crippen LogP contribution in [0.3, 0.4) is 0 Å². The van der Waals surface area contributed by atoms with Gasteiger partial charge in [-0.3, -0.25) is 4.79 Å². The van der Waals surface area contributed by atoms with Crippen molar-refractivity contribution in [1.29, 1.82) is 0 Å². The molecule has 1 amide bonds. The van der Waals surface area contributed by atoms with Gasteiger partial charge in [-0.05, 0) is 49.3 Å². The first-order valence-electron chi connectivity index (χ1n) is 8.16. The molecule has 3 rings (SSSR count). The second-order valence-corrected chi connectivity index (χ2v) is 6.27. The summed E-state index contributed by atoms with van der Waals surface area (Å²) < 4.78 is 0. The lowest BCUT2D eigenvalue weighted by molar-refractivity contribution is 0.0690. The lowest BCUT2D eigenvalue weighted by Gasteiger charge is -2.14. The van der Waals surface area contributed by atoms with E-state index in [9.17, 15) is 9.59 Å². The van der Waals surface area contributed by atoms with Crippen LogP contribution in [-0.2, 0) is 6.42 Å². The molecule has 1 heterocycles. The minimum atomic E-state index is -1.13. The summed E-state index contributed by atoms with van der Waals surface area (Å²) in [7, 11) is 0. The number of aromatic carboxylic acids is 1. The van der Waals surface area contributed by atoms with Crippen LogP contribution < -0.4 is 5.32 Å². The zero-order valence-electron chi connectivity index (χ0n) is 13.3. The number of hydrogen-bond acceptors (Lipinski definition) is 3. The number of nitrogens with zero attached hydrogens (tertiary/aromatic N) is 1. The Bertz CT molecular complexity index is 730. The van der Waals surface area contributed by atoms with Crippen LogP contribution >= 0.6 is 0 Å². The number of benzene rings is 1. The fourth-order valence-electron chi connectivity index (χ4n) is 3.30. The largest absolute Gasteiger partial charge is 0.477 e. The van der Waals surface area contributed by atoms with E-state index in [1.165, 1.54) is 23.9 Å². The van der Waals surface area contributed by atoms with Gasteiger partial charge >= 0.3 is 5.97 Å². The Morgan fingerprint density at radius 2 is 1.96 bits per heavy atom. The van der Waals surface area contributed by atoms with E-state index < -0.39 is 5.97 Å². The van der Waals surface area contributed by atoms with Crippen LogP contribution in [0.25, 0.3) is 0 Å². The van der Waals surface area contributed by atoms with Crippen molar-refractivity contribution < 1.29 is 14.7 Å². The fourth-order valence-corrected chi connectivity index (χ4v) is 3.30. The average molecular weight is 324 g/mol. The van der Waals surface area contributed by atoms with Gasteiger partial charge in [-0.15, -0.1) is 0 Å². The Morgan fingerprint density at radius 1 is 1.17 bits per heavy atom. The van der Waals surface area contributed by atoms with Gasteiger partial charge in [0.15, 0.2) is 0 Å². The van der Waals surface area contributed by atoms with Crippen molar-refractivity contribution in [3.63, 3.8) is 0 Å². The summed E-state index contributed by atoms with van der Waals surface area (Å²) in [5.41, 5.74) is 1.56. The third-order valence-electron chi connectivity index (χ3n) is 4.48. The number of amides is 1. The molecule has 0 bridgehead atoms. The first kappa shape index (κ1) is 16.2. The van der Waals surface area contributed by atoms with Gasteiger partial charge < -0.3 is 10.4 Å². The van der Waals surface area contributed by atoms with Crippen molar-refractivity contribution in [3.05, 3.63) is 65.5 Å². The third-order valence-corrected chi connectivity index (χ3v) is 4.48. The standard InChI is InChI=1S/C19H20N2O3/c22-18(15-8-9-20-17(12-15)19(23)24)21-16-7-6-14(11-16)10-13-4-2-1-3-5-13/h1-5,8-9,12,14,16H,6-7,10-11H2,(H,21,22)(H,23,24). The van der Waals surface area contributed by atoms with Crippen molar-refractivity contribution in [1.82, 2.24) is 10.3 Å². The number of rotatable bonds is 5. The molecule has 5 nitrogen and oxygen atoms in total. The molecular formula is C19H20N2O3. The van der Waals surface area contributed by atoms with Crippen molar-refractivity contribution >= 4 is 11.9 Å². The van der Waals surface area contributed by atoms with Crippen LogP contribution in [0.15, 0.2) is 48.7 Å². The van der Waals surface area contributed by atoms with Gasteiger partial charge in [-0.25, -0.2) is 9.78 Å². The topological polar surface area (TPSA) is 79.3 Å². The summed E-state index contributed by atoms with van der Waals surface area (Å²) in [6.45, 7) is 0. The zero-order chi connectivity index (χ0) is 16.9. The summed E-state index contributed by atoms with van der Waals surface area (Å²) in [6, 6.07) is 13.4. The number of pyridine rings is 1. The van der Waals surface area contributed by atoms with E-state index in [4.69, 9.17) is 5.11 Å². The number of carboxylic acid groups (broad SMARTS) is 1. The number of carbonyl (C=O) groups is 2. The molecule has 2 atom stereocenters. The molecule has 2 unspecified atom stereocenters. The molecule has 0 radical (unpaired) electrons. The summed E-state index contributed by atoms with van der Waals surface area (Å²) in [5.74, 6) is -0.788. The Kier molecular flexibility index (Phi) is 4.89. The predicted octanol–water partition coefficient (Wildman–Crippen LogP) is 2.92. The maximum absolute atomic E-state index is 12.3. The Morgan fingerprint density at radius 3 is 2.71 bits per heavy atom. The molecule has 1 aliphatic carbocycles. The molecule has 0 aliphatic heterocycles. The van der Waals surface area contributed by atoms with Crippen molar-refractivity contribution in [2.45, 2.75) is 31.7 Å². The Labute approximate surface area is 140 Å². The quantitative estimate of drug-likeness (QED) is 0.886. The van der Waals surface area contributed by atoms with Gasteiger partial charge in [0.05, 0.1) is 0 Å². The SMILES string of the molecule is O=C(NC1CCC(Cc2ccccc2)C1)c1ccnc(C(=O)O)c1. The van der Waals surface area contributed by atoms with Crippen molar-refractivity contribution in [3.8, 4) is 0 Å². The van der Waals surface area contributed by atoms with Crippen molar-refractivity contribution in [2.75, 3.05) is 0 Å². The number of carbonyl (C=O) groups excluding carboxylic acids is 1. The van der Waals surface area contributed by atoms with E-state index in [-0.39, 0.29) is 17.6 Å². The van der Waals surface area contributed by atoms with Gasteiger partial charge in [0.1, 0.15) is 5.69 Å². The van der Waals surface area contributed by atoms with Gasteiger partial charge in [-0.1, -0.05) is 30.3 Å². The van der Waals surface area contributed by atoms with Gasteiger partial charge in [0.25, 0.3) is 5.91 Å². The molecule has 2 N–H and O–H groups in total. The molecule has 1 aliphatic rings. The van der Waals surface area contributed by atoms with E-state index in [0.717, 1.165) is 25.7 Å². The van der Waals surface area contributed by atoms with Gasteiger partial charge in [0.2, 0.25) is 0 Å². The molecular weight excluding hydrogens is 304 g/mol. The van der Waals surface area contributed by atoms with Crippen LogP contribution in [0, 0.1) is 5.92 Å². The molecule has 5 heteroatoms. The van der Waals surface area contributed by atoms with Crippen LogP contribution in [0.2, 0.25) is 0 Å². The minimum Gasteiger partial charge on any atom is -0.477 e. The molecule has 2 aromatic rings. The fraction of sp³-hybridized carbons (Fsp3) is 0.316. The number of aromatic nitrogens is 1. The molecule has 24 heavy (non-hydrogen) atoms. The Balaban J connectivity index is 1.56. The van der Waals surface area contributed by atoms with E-state index in [1.54, 1.807) is 0 Å². The molecule has 0 spiro atoms. The highest BCUT2D eigenvalue weighted by molar-refractivity contribution is 5.96. The molecule has 124 valence electrons. The summed E-state index contributed by atoms with van der Waals surface area (Å²) in [4.78, 5) is 27.0. The van der Waals surface area contributed by atoms with Crippen LogP contribution in [-0.4, -0.2) is 28.0 Å². The lowest BCUT2D eigenvalue weighted by Crippen LogP contribution is -2.33. The van der Waals surface area contributed by atoms with Gasteiger partial charge in [-0.2, -0.15) is 0 Å². The number of carboxylic acids is 1. The number of hydrogen-bond donors (Lipinski definition) is 2. The summed E-state index contributed by atoms with van der Waals surface area (Å²) in [6.07, 6.45) is 5.39. The molecule has 1 saturated carbocycles. The average Bonchev–Trinajstić information content (AvgIpc) is 3.02. The molecule has 1 aromatic carbocycles. The van der Waals surface area contributed by atoms with Crippen LogP contribution in [0.4, 0.5) is 0 Å². The Hall–Kier alpha value is -2.69. The van der Waals surface area contributed by atoms with Crippen LogP contribution in [0.1, 0.15) is 45.7 Å². The van der Waals surface area contributed by atoms with E-state index in [0.29, 0.717) is 11.5 Å². The normalized spacial score (nSPS) is 19.8. The molecule has 1 fully saturated rings. The second-order valence-electron chi connectivity index (χ2n) is 6.27. The van der Waals surface area contributed by atoms with Crippen molar-refractivity contribution in [2.24, 2.45) is 5.92 Å². The molecule has 0 saturated heterocycles. The highest BCUT2D eigenvalue weighted by Crippen LogP contribution is 2.28. The summed E-state index contributed by atoms with van der Waals surface area (Å²) in [5, 5.41) is 12.0. The monoisotopic (exact) mass is 324 g/mol. The maximum Gasteiger partial charge on any atom is 0.354 e. The second kappa shape index (κ2) is 7.25. The van der Waals surface area contributed by atoms with Crippen LogP contribution in [0.5, 0.6) is 0 Å². The third kappa shape index (κ3) is 3.98. The lowest BCUT2D eigenvalue weighted by atomic mass is 9.98. The highest BCUT2D eigenvalue weighted by Gasteiger charge is 2.26. The smallest absolute Gasteiger partial charge is 0.354 e. The number of nitrogens with one attached hydrogen (secondary N) is 1. The minimum absolute atomic E-state index is 0.115. The van der Waals surface area contributed by atoms with E-state index in [1.807, 2.05) is 18.2 Å². The highest BCUT2D eigenvalue weighted by atomic mass is 16.4. The van der Waals surface area contributed by atoms with E-state index in [2.05, 4.69) is 22.4 Å². The summed E-state index contributed by atoms with van der Waals surface area (Å²) >= 11 is 0. The first-order valence-corrected chi connectivity index (χ1v) is 8.16. The molecule has 1 aromatic heterocycles. The van der Waals surface area contributed by atoms with E-state index >= 15 is 0 Å².